The van der Waals surface area contributed by atoms with E-state index in [-0.39, 0.29) is 32.0 Å². The number of urea groups is 1. The third-order valence-electron chi connectivity index (χ3n) is 4.30. The lowest BCUT2D eigenvalue weighted by Crippen LogP contribution is -2.46. The molecule has 2 rings (SSSR count). The molecule has 24 heavy (non-hydrogen) atoms. The number of halogens is 3. The van der Waals surface area contributed by atoms with Crippen molar-refractivity contribution in [1.82, 2.24) is 4.90 Å². The van der Waals surface area contributed by atoms with Gasteiger partial charge in [-0.25, -0.2) is 4.79 Å². The van der Waals surface area contributed by atoms with E-state index < -0.39 is 18.2 Å². The molecule has 1 heterocycles. The Morgan fingerprint density at radius 1 is 1.38 bits per heavy atom. The molecule has 1 aliphatic heterocycles. The molecule has 5 nitrogen and oxygen atoms in total. The van der Waals surface area contributed by atoms with Crippen molar-refractivity contribution in [3.8, 4) is 5.75 Å². The molecule has 2 amide bonds. The second-order valence-electron chi connectivity index (χ2n) is 5.92. The molecule has 1 saturated heterocycles. The summed E-state index contributed by atoms with van der Waals surface area (Å²) in [5.41, 5.74) is 1.45. The van der Waals surface area contributed by atoms with Crippen molar-refractivity contribution in [2.24, 2.45) is 5.92 Å². The molecule has 8 heteroatoms. The molecule has 1 aliphatic rings. The molecule has 0 radical (unpaired) electrons. The van der Waals surface area contributed by atoms with E-state index in [0.29, 0.717) is 11.4 Å². The number of likely N-dealkylation sites (tertiary alicyclic amines) is 1. The number of benzene rings is 1. The lowest BCUT2D eigenvalue weighted by atomic mass is 9.91. The van der Waals surface area contributed by atoms with Gasteiger partial charge in [0.2, 0.25) is 0 Å². The van der Waals surface area contributed by atoms with Gasteiger partial charge in [0.1, 0.15) is 5.75 Å². The number of ether oxygens (including phenoxy) is 1. The molecule has 1 fully saturated rings. The highest BCUT2D eigenvalue weighted by Crippen LogP contribution is 2.32. The van der Waals surface area contributed by atoms with Crippen LogP contribution >= 0.6 is 0 Å². The van der Waals surface area contributed by atoms with Gasteiger partial charge in [0.25, 0.3) is 0 Å². The standard InChI is InChI=1S/C16H21F3N2O3/c1-10-3-4-12(24-2)9-13(10)20-15(23)21-7-5-11(6-8-21)14(22)16(17,18)19/h3-4,9,11,14,22H,5-8H2,1-2H3,(H,20,23)/t14-/m1/s1. The van der Waals surface area contributed by atoms with Gasteiger partial charge >= 0.3 is 12.2 Å². The number of piperidine rings is 1. The number of methoxy groups -OCH3 is 1. The third-order valence-corrected chi connectivity index (χ3v) is 4.30. The Morgan fingerprint density at radius 2 is 2.00 bits per heavy atom. The van der Waals surface area contributed by atoms with Crippen LogP contribution in [-0.4, -0.2) is 48.5 Å². The first-order valence-electron chi connectivity index (χ1n) is 7.67. The fourth-order valence-electron chi connectivity index (χ4n) is 2.74. The second-order valence-corrected chi connectivity index (χ2v) is 5.92. The number of carbonyl (C=O) groups is 1. The van der Waals surface area contributed by atoms with Gasteiger partial charge < -0.3 is 20.1 Å². The number of hydrogen-bond donors (Lipinski definition) is 2. The summed E-state index contributed by atoms with van der Waals surface area (Å²) in [5, 5.41) is 12.1. The Bertz CT molecular complexity index is 584. The smallest absolute Gasteiger partial charge is 0.414 e. The van der Waals surface area contributed by atoms with Crippen LogP contribution in [0.25, 0.3) is 0 Å². The molecule has 0 aliphatic carbocycles. The maximum atomic E-state index is 12.5. The Hall–Kier alpha value is -1.96. The zero-order chi connectivity index (χ0) is 17.9. The fourth-order valence-corrected chi connectivity index (χ4v) is 2.74. The molecule has 1 atom stereocenters. The molecule has 0 spiro atoms. The number of aryl methyl sites for hydroxylation is 1. The van der Waals surface area contributed by atoms with Crippen molar-refractivity contribution in [3.05, 3.63) is 23.8 Å². The van der Waals surface area contributed by atoms with Gasteiger partial charge in [-0.1, -0.05) is 6.07 Å². The van der Waals surface area contributed by atoms with Crippen LogP contribution in [0.2, 0.25) is 0 Å². The van der Waals surface area contributed by atoms with Crippen LogP contribution in [0.1, 0.15) is 18.4 Å². The molecular weight excluding hydrogens is 325 g/mol. The highest BCUT2D eigenvalue weighted by molar-refractivity contribution is 5.90. The summed E-state index contributed by atoms with van der Waals surface area (Å²) in [6, 6.07) is 4.90. The topological polar surface area (TPSA) is 61.8 Å². The van der Waals surface area contributed by atoms with Gasteiger partial charge in [-0.05, 0) is 37.3 Å². The van der Waals surface area contributed by atoms with Crippen LogP contribution in [0.4, 0.5) is 23.7 Å². The zero-order valence-corrected chi connectivity index (χ0v) is 13.6. The predicted octanol–water partition coefficient (Wildman–Crippen LogP) is 3.17. The number of aliphatic hydroxyl groups is 1. The van der Waals surface area contributed by atoms with E-state index >= 15 is 0 Å². The maximum absolute atomic E-state index is 12.5. The summed E-state index contributed by atoms with van der Waals surface area (Å²) in [6.07, 6.45) is -6.72. The van der Waals surface area contributed by atoms with Crippen LogP contribution in [0.15, 0.2) is 18.2 Å². The van der Waals surface area contributed by atoms with E-state index in [9.17, 15) is 23.1 Å². The number of anilines is 1. The van der Waals surface area contributed by atoms with Crippen LogP contribution < -0.4 is 10.1 Å². The fraction of sp³-hybridized carbons (Fsp3) is 0.562. The molecule has 0 unspecified atom stereocenters. The number of hydrogen-bond acceptors (Lipinski definition) is 3. The number of aliphatic hydroxyl groups excluding tert-OH is 1. The molecule has 0 saturated carbocycles. The molecule has 1 aromatic rings. The van der Waals surface area contributed by atoms with Crippen molar-refractivity contribution in [1.29, 1.82) is 0 Å². The highest BCUT2D eigenvalue weighted by atomic mass is 19.4. The van der Waals surface area contributed by atoms with Crippen LogP contribution in [0.5, 0.6) is 5.75 Å². The van der Waals surface area contributed by atoms with Crippen LogP contribution in [0, 0.1) is 12.8 Å². The maximum Gasteiger partial charge on any atom is 0.414 e. The quantitative estimate of drug-likeness (QED) is 0.884. The minimum atomic E-state index is -4.62. The lowest BCUT2D eigenvalue weighted by molar-refractivity contribution is -0.222. The molecule has 0 aromatic heterocycles. The van der Waals surface area contributed by atoms with E-state index in [1.807, 2.05) is 6.92 Å². The first kappa shape index (κ1) is 18.4. The van der Waals surface area contributed by atoms with Crippen molar-refractivity contribution in [3.63, 3.8) is 0 Å². The zero-order valence-electron chi connectivity index (χ0n) is 13.6. The molecule has 0 bridgehead atoms. The number of amides is 2. The number of carbonyl (C=O) groups excluding carboxylic acids is 1. The van der Waals surface area contributed by atoms with Crippen molar-refractivity contribution in [2.45, 2.75) is 32.0 Å². The van der Waals surface area contributed by atoms with E-state index in [1.54, 1.807) is 18.2 Å². The van der Waals surface area contributed by atoms with Gasteiger partial charge in [0, 0.05) is 24.8 Å². The number of nitrogens with zero attached hydrogens (tertiary/aromatic N) is 1. The first-order chi connectivity index (χ1) is 11.2. The summed E-state index contributed by atoms with van der Waals surface area (Å²) in [4.78, 5) is 13.7. The summed E-state index contributed by atoms with van der Waals surface area (Å²) in [6.45, 7) is 2.18. The van der Waals surface area contributed by atoms with Gasteiger partial charge in [-0.3, -0.25) is 0 Å². The minimum Gasteiger partial charge on any atom is -0.497 e. The normalized spacial score (nSPS) is 17.5. The summed E-state index contributed by atoms with van der Waals surface area (Å²) >= 11 is 0. The summed E-state index contributed by atoms with van der Waals surface area (Å²) < 4.78 is 42.7. The SMILES string of the molecule is COc1ccc(C)c(NC(=O)N2CCC([C@@H](O)C(F)(F)F)CC2)c1. The third kappa shape index (κ3) is 4.31. The van der Waals surface area contributed by atoms with E-state index in [2.05, 4.69) is 5.32 Å². The highest BCUT2D eigenvalue weighted by Gasteiger charge is 2.44. The summed E-state index contributed by atoms with van der Waals surface area (Å²) in [5.74, 6) is -0.268. The van der Waals surface area contributed by atoms with Crippen molar-refractivity contribution >= 4 is 11.7 Å². The second kappa shape index (κ2) is 7.29. The van der Waals surface area contributed by atoms with E-state index in [4.69, 9.17) is 4.74 Å². The number of alkyl halides is 3. The molecule has 1 aromatic carbocycles. The largest absolute Gasteiger partial charge is 0.497 e. The van der Waals surface area contributed by atoms with E-state index in [1.165, 1.54) is 12.0 Å². The van der Waals surface area contributed by atoms with Crippen LogP contribution in [0.3, 0.4) is 0 Å². The van der Waals surface area contributed by atoms with E-state index in [0.717, 1.165) is 5.56 Å². The predicted molar refractivity (Wildman–Crippen MR) is 83.1 cm³/mol. The average Bonchev–Trinajstić information content (AvgIpc) is 2.55. The Kier molecular flexibility index (Phi) is 5.58. The average molecular weight is 346 g/mol. The monoisotopic (exact) mass is 346 g/mol. The Balaban J connectivity index is 1.94. The van der Waals surface area contributed by atoms with Gasteiger partial charge in [-0.2, -0.15) is 13.2 Å². The number of nitrogens with one attached hydrogen (secondary N) is 1. The van der Waals surface area contributed by atoms with Gasteiger partial charge in [0.15, 0.2) is 6.10 Å². The van der Waals surface area contributed by atoms with Crippen molar-refractivity contribution in [2.75, 3.05) is 25.5 Å². The lowest BCUT2D eigenvalue weighted by Gasteiger charge is -2.34. The van der Waals surface area contributed by atoms with Gasteiger partial charge in [0.05, 0.1) is 7.11 Å². The van der Waals surface area contributed by atoms with Crippen LogP contribution in [-0.2, 0) is 0 Å². The number of rotatable bonds is 3. The Morgan fingerprint density at radius 3 is 2.54 bits per heavy atom. The molecule has 2 N–H and O–H groups in total. The van der Waals surface area contributed by atoms with Crippen molar-refractivity contribution < 1.29 is 27.8 Å². The summed E-state index contributed by atoms with van der Waals surface area (Å²) in [7, 11) is 1.52. The van der Waals surface area contributed by atoms with Gasteiger partial charge in [-0.15, -0.1) is 0 Å². The molecular formula is C16H21F3N2O3. The molecule has 134 valence electrons. The minimum absolute atomic E-state index is 0.116. The first-order valence-corrected chi connectivity index (χ1v) is 7.67. The Labute approximate surface area is 138 Å².